The number of alkyl halides is 3. The number of hydrogen-bond donors (Lipinski definition) is 0. The third-order valence-corrected chi connectivity index (χ3v) is 7.90. The van der Waals surface area contributed by atoms with Gasteiger partial charge in [-0.1, -0.05) is 52.2 Å². The van der Waals surface area contributed by atoms with Gasteiger partial charge < -0.3 is 33.2 Å². The largest absolute Gasteiger partial charge is 0.494 e. The fraction of sp³-hybridized carbons (Fsp3) is 0.381. The fourth-order valence-electron chi connectivity index (χ4n) is 4.93. The fourth-order valence-corrected chi connectivity index (χ4v) is 4.93. The number of unbranched alkanes of at least 4 members (excludes halogenated alkanes) is 6. The highest BCUT2D eigenvalue weighted by Gasteiger charge is 2.36. The second kappa shape index (κ2) is 24.0. The first kappa shape index (κ1) is 44.8. The molecule has 0 amide bonds. The maximum Gasteiger partial charge on any atom is 0.420 e. The van der Waals surface area contributed by atoms with E-state index < -0.39 is 47.5 Å². The Bertz CT molecular complexity index is 1720. The van der Waals surface area contributed by atoms with Gasteiger partial charge in [-0.05, 0) is 86.0 Å². The highest BCUT2D eigenvalue weighted by Crippen LogP contribution is 2.39. The number of rotatable bonds is 25. The lowest BCUT2D eigenvalue weighted by atomic mass is 10.1. The van der Waals surface area contributed by atoms with Gasteiger partial charge >= 0.3 is 30.1 Å². The third kappa shape index (κ3) is 16.4. The molecule has 0 aromatic heterocycles. The van der Waals surface area contributed by atoms with Gasteiger partial charge in [0, 0.05) is 18.8 Å². The molecule has 3 aromatic carbocycles. The summed E-state index contributed by atoms with van der Waals surface area (Å²) in [5.74, 6) is -3.46. The molecule has 0 aliphatic heterocycles. The van der Waals surface area contributed by atoms with Gasteiger partial charge in [-0.2, -0.15) is 13.2 Å². The molecular weight excluding hydrogens is 737 g/mol. The number of halogens is 3. The first-order valence-electron chi connectivity index (χ1n) is 18.2. The van der Waals surface area contributed by atoms with Gasteiger partial charge in [-0.3, -0.25) is 0 Å². The first-order chi connectivity index (χ1) is 26.9. The second-order valence-corrected chi connectivity index (χ2v) is 12.3. The van der Waals surface area contributed by atoms with Crippen LogP contribution in [0.1, 0.15) is 84.6 Å². The molecule has 0 heterocycles. The zero-order valence-electron chi connectivity index (χ0n) is 31.3. The van der Waals surface area contributed by atoms with Crippen LogP contribution in [-0.4, -0.2) is 63.0 Å². The smallest absolute Gasteiger partial charge is 0.420 e. The molecule has 0 spiro atoms. The lowest BCUT2D eigenvalue weighted by Crippen LogP contribution is -2.29. The quantitative estimate of drug-likeness (QED) is 0.0353. The van der Waals surface area contributed by atoms with Crippen molar-refractivity contribution in [3.05, 3.63) is 109 Å². The van der Waals surface area contributed by atoms with Crippen LogP contribution < -0.4 is 18.9 Å². The van der Waals surface area contributed by atoms with E-state index in [1.165, 1.54) is 55.7 Å². The van der Waals surface area contributed by atoms with Crippen molar-refractivity contribution in [2.45, 2.75) is 70.6 Å². The Morgan fingerprint density at radius 3 is 1.73 bits per heavy atom. The van der Waals surface area contributed by atoms with Crippen LogP contribution in [0.25, 0.3) is 0 Å². The van der Waals surface area contributed by atoms with Crippen LogP contribution in [0.5, 0.6) is 23.0 Å². The summed E-state index contributed by atoms with van der Waals surface area (Å²) in [6, 6.07) is 14.4. The number of esters is 4. The summed E-state index contributed by atoms with van der Waals surface area (Å²) < 4.78 is 79.2. The Hall–Kier alpha value is -5.63. The van der Waals surface area contributed by atoms with Gasteiger partial charge in [0.05, 0.1) is 30.9 Å². The SMILES string of the molecule is C=CC(=O)OCC(COCCCCOc1ccc(C(=O)Oc2ccc(OC(=O)c3ccc(OCCCCCCCC)cc3)cc2C(F)(F)F)cc1)OC(=O)C=C. The molecule has 0 saturated carbocycles. The Labute approximate surface area is 324 Å². The van der Waals surface area contributed by atoms with Crippen molar-refractivity contribution in [3.63, 3.8) is 0 Å². The Morgan fingerprint density at radius 1 is 0.643 bits per heavy atom. The minimum atomic E-state index is -4.93. The average Bonchev–Trinajstić information content (AvgIpc) is 3.19. The monoisotopic (exact) mass is 784 g/mol. The molecule has 11 nitrogen and oxygen atoms in total. The van der Waals surface area contributed by atoms with E-state index in [4.69, 9.17) is 33.2 Å². The molecule has 1 unspecified atom stereocenters. The van der Waals surface area contributed by atoms with Crippen LogP contribution in [0.2, 0.25) is 0 Å². The first-order valence-corrected chi connectivity index (χ1v) is 18.2. The molecule has 0 bridgehead atoms. The molecule has 3 aromatic rings. The summed E-state index contributed by atoms with van der Waals surface area (Å²) in [5.41, 5.74) is -1.22. The third-order valence-electron chi connectivity index (χ3n) is 7.90. The summed E-state index contributed by atoms with van der Waals surface area (Å²) in [6.45, 7) is 9.66. The minimum absolute atomic E-state index is 0.0185. The standard InChI is InChI=1S/C42H47F3O11/c1-4-7-8-9-10-11-25-51-32-18-14-30(15-19-32)40(48)55-34-22-23-37(36(27-34)42(43,44)45)56-41(49)31-16-20-33(21-17-31)52-26-13-12-24-50-28-35(54-39(47)6-3)29-53-38(46)5-2/h5-6,14-23,27,35H,2-4,7-13,24-26,28-29H2,1H3. The van der Waals surface area contributed by atoms with Gasteiger partial charge in [0.1, 0.15) is 35.2 Å². The maximum absolute atomic E-state index is 14.0. The van der Waals surface area contributed by atoms with Gasteiger partial charge in [0.2, 0.25) is 0 Å². The van der Waals surface area contributed by atoms with Crippen molar-refractivity contribution in [2.75, 3.05) is 33.0 Å². The summed E-state index contributed by atoms with van der Waals surface area (Å²) in [7, 11) is 0. The molecule has 0 aliphatic rings. The molecule has 0 fully saturated rings. The van der Waals surface area contributed by atoms with Crippen LogP contribution in [-0.2, 0) is 30.0 Å². The van der Waals surface area contributed by atoms with Gasteiger partial charge in [-0.25, -0.2) is 19.2 Å². The summed E-state index contributed by atoms with van der Waals surface area (Å²) >= 11 is 0. The highest BCUT2D eigenvalue weighted by atomic mass is 19.4. The van der Waals surface area contributed by atoms with Crippen LogP contribution >= 0.6 is 0 Å². The van der Waals surface area contributed by atoms with Crippen molar-refractivity contribution in [2.24, 2.45) is 0 Å². The molecule has 14 heteroatoms. The van der Waals surface area contributed by atoms with E-state index in [1.807, 2.05) is 0 Å². The van der Waals surface area contributed by atoms with E-state index in [1.54, 1.807) is 12.1 Å². The minimum Gasteiger partial charge on any atom is -0.494 e. The van der Waals surface area contributed by atoms with E-state index in [2.05, 4.69) is 20.1 Å². The van der Waals surface area contributed by atoms with E-state index in [-0.39, 0.29) is 43.3 Å². The predicted molar refractivity (Wildman–Crippen MR) is 200 cm³/mol. The van der Waals surface area contributed by atoms with Crippen molar-refractivity contribution >= 4 is 23.9 Å². The van der Waals surface area contributed by atoms with Crippen LogP contribution in [0.4, 0.5) is 13.2 Å². The van der Waals surface area contributed by atoms with Crippen molar-refractivity contribution in [3.8, 4) is 23.0 Å². The molecule has 0 N–H and O–H groups in total. The molecule has 0 saturated heterocycles. The molecule has 3 rings (SSSR count). The van der Waals surface area contributed by atoms with Gasteiger partial charge in [0.25, 0.3) is 0 Å². The molecule has 0 radical (unpaired) electrons. The van der Waals surface area contributed by atoms with Crippen molar-refractivity contribution in [1.29, 1.82) is 0 Å². The Balaban J connectivity index is 1.46. The molecule has 1 atom stereocenters. The second-order valence-electron chi connectivity index (χ2n) is 12.3. The number of ether oxygens (including phenoxy) is 7. The normalized spacial score (nSPS) is 11.5. The molecule has 302 valence electrons. The molecular formula is C42H47F3O11. The predicted octanol–water partition coefficient (Wildman–Crippen LogP) is 8.89. The van der Waals surface area contributed by atoms with Crippen LogP contribution in [0, 0.1) is 0 Å². The maximum atomic E-state index is 14.0. The summed E-state index contributed by atoms with van der Waals surface area (Å²) in [6.07, 6.45) is 4.05. The molecule has 56 heavy (non-hydrogen) atoms. The van der Waals surface area contributed by atoms with Gasteiger partial charge in [-0.15, -0.1) is 0 Å². The average molecular weight is 785 g/mol. The Morgan fingerprint density at radius 2 is 1.16 bits per heavy atom. The van der Waals surface area contributed by atoms with Gasteiger partial charge in [0.15, 0.2) is 6.10 Å². The summed E-state index contributed by atoms with van der Waals surface area (Å²) in [4.78, 5) is 48.3. The Kier molecular flexibility index (Phi) is 19.2. The van der Waals surface area contributed by atoms with Crippen molar-refractivity contribution in [1.82, 2.24) is 0 Å². The van der Waals surface area contributed by atoms with Crippen LogP contribution in [0.3, 0.4) is 0 Å². The van der Waals surface area contributed by atoms with E-state index in [9.17, 15) is 32.3 Å². The number of carbonyl (C=O) groups is 4. The van der Waals surface area contributed by atoms with E-state index in [0.717, 1.165) is 43.5 Å². The zero-order chi connectivity index (χ0) is 40.8. The van der Waals surface area contributed by atoms with E-state index in [0.29, 0.717) is 37.0 Å². The highest BCUT2D eigenvalue weighted by molar-refractivity contribution is 5.92. The number of benzene rings is 3. The molecule has 0 aliphatic carbocycles. The zero-order valence-corrected chi connectivity index (χ0v) is 31.3. The van der Waals surface area contributed by atoms with E-state index >= 15 is 0 Å². The number of hydrogen-bond acceptors (Lipinski definition) is 11. The lowest BCUT2D eigenvalue weighted by molar-refractivity contribution is -0.156. The summed E-state index contributed by atoms with van der Waals surface area (Å²) in [5, 5.41) is 0. The van der Waals surface area contributed by atoms with Crippen molar-refractivity contribution < 1.29 is 65.5 Å². The lowest BCUT2D eigenvalue weighted by Gasteiger charge is -2.17. The topological polar surface area (TPSA) is 133 Å². The number of carbonyl (C=O) groups excluding carboxylic acids is 4. The van der Waals surface area contributed by atoms with Crippen LogP contribution in [0.15, 0.2) is 92.0 Å².